The van der Waals surface area contributed by atoms with Crippen molar-refractivity contribution in [2.45, 2.75) is 51.0 Å². The van der Waals surface area contributed by atoms with Gasteiger partial charge in [-0.3, -0.25) is 4.79 Å². The summed E-state index contributed by atoms with van der Waals surface area (Å²) in [4.78, 5) is 14.4. The van der Waals surface area contributed by atoms with Crippen LogP contribution >= 0.6 is 0 Å². The van der Waals surface area contributed by atoms with E-state index in [2.05, 4.69) is 10.2 Å². The zero-order valence-corrected chi connectivity index (χ0v) is 11.8. The molecule has 1 N–H and O–H groups in total. The standard InChI is InChI=1S/C15H26N2O2/c18-14(4-3-13-2-1-11-19-13)17-10-7-15(12-17)5-8-16-9-6-15/h13,16H,1-12H2. The number of carbonyl (C=O) groups is 1. The van der Waals surface area contributed by atoms with Crippen LogP contribution in [0, 0.1) is 5.41 Å². The van der Waals surface area contributed by atoms with E-state index in [0.29, 0.717) is 23.8 Å². The fourth-order valence-electron chi connectivity index (χ4n) is 3.83. The van der Waals surface area contributed by atoms with Crippen LogP contribution in [-0.2, 0) is 9.53 Å². The third kappa shape index (κ3) is 3.11. The summed E-state index contributed by atoms with van der Waals surface area (Å²) < 4.78 is 5.60. The number of piperidine rings is 1. The lowest BCUT2D eigenvalue weighted by Crippen LogP contribution is -2.39. The van der Waals surface area contributed by atoms with Crippen molar-refractivity contribution in [3.63, 3.8) is 0 Å². The molecule has 19 heavy (non-hydrogen) atoms. The van der Waals surface area contributed by atoms with Crippen LogP contribution < -0.4 is 5.32 Å². The van der Waals surface area contributed by atoms with Crippen LogP contribution in [0.1, 0.15) is 44.9 Å². The number of nitrogens with one attached hydrogen (secondary N) is 1. The number of likely N-dealkylation sites (tertiary alicyclic amines) is 1. The molecule has 0 bridgehead atoms. The van der Waals surface area contributed by atoms with Gasteiger partial charge in [0.2, 0.25) is 5.91 Å². The molecule has 1 spiro atoms. The largest absolute Gasteiger partial charge is 0.378 e. The molecular weight excluding hydrogens is 240 g/mol. The molecule has 0 aromatic carbocycles. The average Bonchev–Trinajstić information content (AvgIpc) is 3.07. The van der Waals surface area contributed by atoms with Gasteiger partial charge >= 0.3 is 0 Å². The highest BCUT2D eigenvalue weighted by Gasteiger charge is 2.40. The molecule has 3 aliphatic rings. The highest BCUT2D eigenvalue weighted by molar-refractivity contribution is 5.76. The zero-order chi connectivity index (χ0) is 13.1. The highest BCUT2D eigenvalue weighted by Crippen LogP contribution is 2.38. The van der Waals surface area contributed by atoms with Crippen LogP contribution in [0.2, 0.25) is 0 Å². The summed E-state index contributed by atoms with van der Waals surface area (Å²) in [6, 6.07) is 0. The third-order valence-corrected chi connectivity index (χ3v) is 5.16. The molecule has 3 aliphatic heterocycles. The summed E-state index contributed by atoms with van der Waals surface area (Å²) >= 11 is 0. The number of nitrogens with zero attached hydrogens (tertiary/aromatic N) is 1. The predicted octanol–water partition coefficient (Wildman–Crippen LogP) is 1.55. The minimum absolute atomic E-state index is 0.347. The second-order valence-electron chi connectivity index (χ2n) is 6.49. The monoisotopic (exact) mass is 266 g/mol. The lowest BCUT2D eigenvalue weighted by molar-refractivity contribution is -0.131. The van der Waals surface area contributed by atoms with E-state index in [1.54, 1.807) is 0 Å². The maximum atomic E-state index is 12.3. The van der Waals surface area contributed by atoms with E-state index < -0.39 is 0 Å². The van der Waals surface area contributed by atoms with Gasteiger partial charge in [-0.05, 0) is 57.0 Å². The Hall–Kier alpha value is -0.610. The van der Waals surface area contributed by atoms with Crippen LogP contribution in [0.4, 0.5) is 0 Å². The van der Waals surface area contributed by atoms with E-state index in [9.17, 15) is 4.79 Å². The predicted molar refractivity (Wildman–Crippen MR) is 73.9 cm³/mol. The highest BCUT2D eigenvalue weighted by atomic mass is 16.5. The Morgan fingerprint density at radius 3 is 2.89 bits per heavy atom. The Labute approximate surface area is 115 Å². The summed E-state index contributed by atoms with van der Waals surface area (Å²) in [6.45, 7) is 5.11. The maximum absolute atomic E-state index is 12.3. The van der Waals surface area contributed by atoms with E-state index in [1.807, 2.05) is 0 Å². The van der Waals surface area contributed by atoms with Gasteiger partial charge in [-0.1, -0.05) is 0 Å². The summed E-state index contributed by atoms with van der Waals surface area (Å²) in [6.07, 6.45) is 7.94. The molecule has 1 unspecified atom stereocenters. The minimum Gasteiger partial charge on any atom is -0.378 e. The van der Waals surface area contributed by atoms with Gasteiger partial charge in [0.05, 0.1) is 6.10 Å². The van der Waals surface area contributed by atoms with Gasteiger partial charge in [0.1, 0.15) is 0 Å². The molecule has 0 radical (unpaired) electrons. The molecule has 0 aromatic rings. The average molecular weight is 266 g/mol. The van der Waals surface area contributed by atoms with E-state index >= 15 is 0 Å². The molecule has 0 aliphatic carbocycles. The molecule has 4 nitrogen and oxygen atoms in total. The van der Waals surface area contributed by atoms with Gasteiger partial charge in [-0.2, -0.15) is 0 Å². The molecule has 3 heterocycles. The fourth-order valence-corrected chi connectivity index (χ4v) is 3.83. The van der Waals surface area contributed by atoms with Gasteiger partial charge < -0.3 is 15.0 Å². The van der Waals surface area contributed by atoms with Crippen LogP contribution in [0.25, 0.3) is 0 Å². The number of carbonyl (C=O) groups excluding carboxylic acids is 1. The van der Waals surface area contributed by atoms with E-state index in [1.165, 1.54) is 25.7 Å². The van der Waals surface area contributed by atoms with Crippen molar-refractivity contribution in [3.8, 4) is 0 Å². The molecule has 1 amide bonds. The van der Waals surface area contributed by atoms with Crippen molar-refractivity contribution in [2.24, 2.45) is 5.41 Å². The smallest absolute Gasteiger partial charge is 0.222 e. The van der Waals surface area contributed by atoms with Gasteiger partial charge in [-0.25, -0.2) is 0 Å². The first-order chi connectivity index (χ1) is 9.27. The van der Waals surface area contributed by atoms with Crippen molar-refractivity contribution < 1.29 is 9.53 Å². The normalized spacial score (nSPS) is 30.1. The SMILES string of the molecule is O=C(CCC1CCCO1)N1CCC2(CCNCC2)C1. The van der Waals surface area contributed by atoms with Crippen LogP contribution in [0.5, 0.6) is 0 Å². The zero-order valence-electron chi connectivity index (χ0n) is 11.8. The topological polar surface area (TPSA) is 41.6 Å². The molecule has 1 atom stereocenters. The Bertz CT molecular complexity index is 320. The number of hydrogen-bond donors (Lipinski definition) is 1. The van der Waals surface area contributed by atoms with Gasteiger partial charge in [0, 0.05) is 26.1 Å². The summed E-state index contributed by atoms with van der Waals surface area (Å²) in [5.74, 6) is 0.353. The second kappa shape index (κ2) is 5.80. The van der Waals surface area contributed by atoms with Gasteiger partial charge in [-0.15, -0.1) is 0 Å². The number of amides is 1. The third-order valence-electron chi connectivity index (χ3n) is 5.16. The summed E-state index contributed by atoms with van der Waals surface area (Å²) in [5, 5.41) is 3.42. The van der Waals surface area contributed by atoms with Crippen LogP contribution in [0.15, 0.2) is 0 Å². The Morgan fingerprint density at radius 2 is 2.16 bits per heavy atom. The Kier molecular flexibility index (Phi) is 4.08. The number of hydrogen-bond acceptors (Lipinski definition) is 3. The molecule has 0 aromatic heterocycles. The quantitative estimate of drug-likeness (QED) is 0.842. The molecule has 0 saturated carbocycles. The molecule has 3 fully saturated rings. The van der Waals surface area contributed by atoms with Gasteiger partial charge in [0.25, 0.3) is 0 Å². The van der Waals surface area contributed by atoms with E-state index in [0.717, 1.165) is 45.6 Å². The van der Waals surface area contributed by atoms with Crippen molar-refractivity contribution in [1.82, 2.24) is 10.2 Å². The summed E-state index contributed by atoms with van der Waals surface area (Å²) in [5.41, 5.74) is 0.435. The van der Waals surface area contributed by atoms with Crippen molar-refractivity contribution >= 4 is 5.91 Å². The van der Waals surface area contributed by atoms with Gasteiger partial charge in [0.15, 0.2) is 0 Å². The first-order valence-electron chi connectivity index (χ1n) is 7.88. The van der Waals surface area contributed by atoms with Crippen molar-refractivity contribution in [2.75, 3.05) is 32.8 Å². The lowest BCUT2D eigenvalue weighted by Gasteiger charge is -2.33. The minimum atomic E-state index is 0.347. The lowest BCUT2D eigenvalue weighted by atomic mass is 9.78. The Balaban J connectivity index is 1.45. The molecule has 108 valence electrons. The Morgan fingerprint density at radius 1 is 1.32 bits per heavy atom. The van der Waals surface area contributed by atoms with Crippen LogP contribution in [0.3, 0.4) is 0 Å². The summed E-state index contributed by atoms with van der Waals surface area (Å²) in [7, 11) is 0. The fraction of sp³-hybridized carbons (Fsp3) is 0.933. The second-order valence-corrected chi connectivity index (χ2v) is 6.49. The molecule has 3 saturated heterocycles. The first-order valence-corrected chi connectivity index (χ1v) is 7.88. The van der Waals surface area contributed by atoms with Crippen molar-refractivity contribution in [1.29, 1.82) is 0 Å². The molecule has 3 rings (SSSR count). The van der Waals surface area contributed by atoms with E-state index in [-0.39, 0.29) is 0 Å². The van der Waals surface area contributed by atoms with Crippen molar-refractivity contribution in [3.05, 3.63) is 0 Å². The first kappa shape index (κ1) is 13.4. The molecule has 4 heteroatoms. The number of ether oxygens (including phenoxy) is 1. The van der Waals surface area contributed by atoms with Crippen LogP contribution in [-0.4, -0.2) is 49.7 Å². The molecular formula is C15H26N2O2. The maximum Gasteiger partial charge on any atom is 0.222 e. The number of rotatable bonds is 3. The van der Waals surface area contributed by atoms with E-state index in [4.69, 9.17) is 4.74 Å².